The highest BCUT2D eigenvalue weighted by Gasteiger charge is 2.07. The molecule has 4 nitrogen and oxygen atoms in total. The molecule has 20 heavy (non-hydrogen) atoms. The maximum absolute atomic E-state index is 5.98. The zero-order valence-electron chi connectivity index (χ0n) is 11.0. The lowest BCUT2D eigenvalue weighted by Crippen LogP contribution is -2.17. The van der Waals surface area contributed by atoms with Crippen molar-refractivity contribution in [2.45, 2.75) is 6.92 Å². The van der Waals surface area contributed by atoms with Gasteiger partial charge in [0.25, 0.3) is 0 Å². The highest BCUT2D eigenvalue weighted by Crippen LogP contribution is 2.19. The SMILES string of the molecule is Cc1cccc(Br)c1/C(N)=N/N=C(\N)c1ccccc1. The van der Waals surface area contributed by atoms with Crippen LogP contribution < -0.4 is 11.5 Å². The Kier molecular flexibility index (Phi) is 4.53. The smallest absolute Gasteiger partial charge is 0.154 e. The second-order valence-electron chi connectivity index (χ2n) is 4.27. The standard InChI is InChI=1S/C15H15BrN4/c1-10-6-5-9-12(16)13(10)15(18)20-19-14(17)11-7-3-2-4-8-11/h2-9H,1H3,(H2,17,19)(H2,18,20). The fraction of sp³-hybridized carbons (Fsp3) is 0.0667. The molecule has 2 aromatic carbocycles. The first-order chi connectivity index (χ1) is 9.59. The van der Waals surface area contributed by atoms with Crippen LogP contribution in [0.4, 0.5) is 0 Å². The summed E-state index contributed by atoms with van der Waals surface area (Å²) < 4.78 is 0.882. The van der Waals surface area contributed by atoms with E-state index in [0.29, 0.717) is 11.7 Å². The van der Waals surface area contributed by atoms with Gasteiger partial charge in [-0.25, -0.2) is 0 Å². The van der Waals surface area contributed by atoms with Gasteiger partial charge in [0.15, 0.2) is 11.7 Å². The zero-order valence-corrected chi connectivity index (χ0v) is 12.6. The van der Waals surface area contributed by atoms with E-state index in [0.717, 1.165) is 21.2 Å². The van der Waals surface area contributed by atoms with Gasteiger partial charge in [-0.3, -0.25) is 0 Å². The fourth-order valence-corrected chi connectivity index (χ4v) is 2.45. The molecule has 102 valence electrons. The van der Waals surface area contributed by atoms with Gasteiger partial charge in [0.2, 0.25) is 0 Å². The van der Waals surface area contributed by atoms with Gasteiger partial charge in [-0.05, 0) is 18.6 Å². The van der Waals surface area contributed by atoms with Crippen molar-refractivity contribution in [3.05, 3.63) is 69.7 Å². The van der Waals surface area contributed by atoms with Crippen molar-refractivity contribution < 1.29 is 0 Å². The molecule has 0 unspecified atom stereocenters. The second-order valence-corrected chi connectivity index (χ2v) is 5.12. The van der Waals surface area contributed by atoms with Gasteiger partial charge in [0, 0.05) is 15.6 Å². The monoisotopic (exact) mass is 330 g/mol. The van der Waals surface area contributed by atoms with Crippen molar-refractivity contribution in [2.75, 3.05) is 0 Å². The molecule has 0 aromatic heterocycles. The number of halogens is 1. The minimum Gasteiger partial charge on any atom is -0.382 e. The van der Waals surface area contributed by atoms with Crippen molar-refractivity contribution in [1.29, 1.82) is 0 Å². The molecular formula is C15H15BrN4. The third-order valence-electron chi connectivity index (χ3n) is 2.81. The van der Waals surface area contributed by atoms with Crippen LogP contribution in [-0.4, -0.2) is 11.7 Å². The summed E-state index contributed by atoms with van der Waals surface area (Å²) in [5.74, 6) is 0.659. The summed E-state index contributed by atoms with van der Waals surface area (Å²) in [6.07, 6.45) is 0. The molecule has 4 N–H and O–H groups in total. The van der Waals surface area contributed by atoms with E-state index < -0.39 is 0 Å². The number of nitrogens with two attached hydrogens (primary N) is 2. The lowest BCUT2D eigenvalue weighted by atomic mass is 10.1. The minimum absolute atomic E-state index is 0.328. The van der Waals surface area contributed by atoms with Crippen LogP contribution >= 0.6 is 15.9 Å². The maximum Gasteiger partial charge on any atom is 0.154 e. The Morgan fingerprint density at radius 2 is 1.55 bits per heavy atom. The van der Waals surface area contributed by atoms with Gasteiger partial charge >= 0.3 is 0 Å². The van der Waals surface area contributed by atoms with Gasteiger partial charge in [-0.15, -0.1) is 10.2 Å². The number of benzene rings is 2. The Morgan fingerprint density at radius 3 is 2.20 bits per heavy atom. The second kappa shape index (κ2) is 6.34. The lowest BCUT2D eigenvalue weighted by Gasteiger charge is -2.06. The first-order valence-corrected chi connectivity index (χ1v) is 6.86. The molecule has 0 aliphatic heterocycles. The molecule has 0 aliphatic rings. The Morgan fingerprint density at radius 1 is 0.900 bits per heavy atom. The Labute approximate surface area is 126 Å². The Hall–Kier alpha value is -2.14. The van der Waals surface area contributed by atoms with E-state index in [1.165, 1.54) is 0 Å². The van der Waals surface area contributed by atoms with Gasteiger partial charge in [0.1, 0.15) is 0 Å². The summed E-state index contributed by atoms with van der Waals surface area (Å²) in [5.41, 5.74) is 14.5. The molecule has 0 amide bonds. The first kappa shape index (κ1) is 14.3. The molecule has 0 saturated carbocycles. The molecule has 0 atom stereocenters. The summed E-state index contributed by atoms with van der Waals surface area (Å²) in [6, 6.07) is 15.3. The molecule has 2 aromatic rings. The molecule has 0 spiro atoms. The third-order valence-corrected chi connectivity index (χ3v) is 3.47. The van der Waals surface area contributed by atoms with E-state index in [4.69, 9.17) is 11.5 Å². The number of rotatable bonds is 3. The highest BCUT2D eigenvalue weighted by molar-refractivity contribution is 9.10. The van der Waals surface area contributed by atoms with E-state index in [9.17, 15) is 0 Å². The highest BCUT2D eigenvalue weighted by atomic mass is 79.9. The molecule has 0 fully saturated rings. The van der Waals surface area contributed by atoms with Crippen LogP contribution in [0.5, 0.6) is 0 Å². The van der Waals surface area contributed by atoms with E-state index in [-0.39, 0.29) is 0 Å². The van der Waals surface area contributed by atoms with Crippen LogP contribution in [0.25, 0.3) is 0 Å². The molecule has 0 aliphatic carbocycles. The fourth-order valence-electron chi connectivity index (χ4n) is 1.78. The molecule has 2 rings (SSSR count). The molecule has 0 heterocycles. The summed E-state index contributed by atoms with van der Waals surface area (Å²) >= 11 is 3.46. The number of aryl methyl sites for hydroxylation is 1. The van der Waals surface area contributed by atoms with E-state index in [2.05, 4.69) is 26.1 Å². The van der Waals surface area contributed by atoms with Crippen molar-refractivity contribution in [2.24, 2.45) is 21.7 Å². The van der Waals surface area contributed by atoms with Crippen molar-refractivity contribution in [1.82, 2.24) is 0 Å². The predicted molar refractivity (Wildman–Crippen MR) is 86.8 cm³/mol. The summed E-state index contributed by atoms with van der Waals surface area (Å²) in [7, 11) is 0. The average Bonchev–Trinajstić information content (AvgIpc) is 2.45. The van der Waals surface area contributed by atoms with Crippen molar-refractivity contribution in [3.63, 3.8) is 0 Å². The topological polar surface area (TPSA) is 76.8 Å². The van der Waals surface area contributed by atoms with Crippen LogP contribution in [0, 0.1) is 6.92 Å². The minimum atomic E-state index is 0.328. The van der Waals surface area contributed by atoms with Gasteiger partial charge in [-0.2, -0.15) is 0 Å². The number of hydrogen-bond donors (Lipinski definition) is 2. The summed E-state index contributed by atoms with van der Waals surface area (Å²) in [6.45, 7) is 1.97. The van der Waals surface area contributed by atoms with Crippen molar-refractivity contribution >= 4 is 27.6 Å². The first-order valence-electron chi connectivity index (χ1n) is 6.07. The van der Waals surface area contributed by atoms with Gasteiger partial charge in [-0.1, -0.05) is 58.4 Å². The van der Waals surface area contributed by atoms with Gasteiger partial charge < -0.3 is 11.5 Å². The Bertz CT molecular complexity index is 643. The normalized spacial score (nSPS) is 12.5. The molecule has 0 radical (unpaired) electrons. The van der Waals surface area contributed by atoms with Crippen LogP contribution in [0.15, 0.2) is 63.2 Å². The zero-order chi connectivity index (χ0) is 14.5. The summed E-state index contributed by atoms with van der Waals surface area (Å²) in [4.78, 5) is 0. The number of hydrogen-bond acceptors (Lipinski definition) is 2. The molecule has 5 heteroatoms. The van der Waals surface area contributed by atoms with Crippen LogP contribution in [0.2, 0.25) is 0 Å². The predicted octanol–water partition coefficient (Wildman–Crippen LogP) is 2.78. The molecule has 0 bridgehead atoms. The van der Waals surface area contributed by atoms with Crippen LogP contribution in [-0.2, 0) is 0 Å². The average molecular weight is 331 g/mol. The third kappa shape index (κ3) is 3.24. The number of amidine groups is 2. The Balaban J connectivity index is 2.32. The maximum atomic E-state index is 5.98. The van der Waals surface area contributed by atoms with E-state index in [1.54, 1.807) is 0 Å². The molecule has 0 saturated heterocycles. The van der Waals surface area contributed by atoms with E-state index >= 15 is 0 Å². The molecular weight excluding hydrogens is 316 g/mol. The van der Waals surface area contributed by atoms with Gasteiger partial charge in [0.05, 0.1) is 0 Å². The quantitative estimate of drug-likeness (QED) is 0.515. The number of nitrogens with zero attached hydrogens (tertiary/aromatic N) is 2. The lowest BCUT2D eigenvalue weighted by molar-refractivity contribution is 1.20. The van der Waals surface area contributed by atoms with Crippen LogP contribution in [0.1, 0.15) is 16.7 Å². The van der Waals surface area contributed by atoms with Crippen LogP contribution in [0.3, 0.4) is 0 Å². The summed E-state index contributed by atoms with van der Waals surface area (Å²) in [5, 5.41) is 8.01. The van der Waals surface area contributed by atoms with Crippen molar-refractivity contribution in [3.8, 4) is 0 Å². The van der Waals surface area contributed by atoms with E-state index in [1.807, 2.05) is 55.5 Å². The largest absolute Gasteiger partial charge is 0.382 e.